The number of Topliss-reactive ketones (excluding diaryl/α,β-unsaturated/α-hetero) is 1. The van der Waals surface area contributed by atoms with E-state index in [0.717, 1.165) is 53.5 Å². The zero-order valence-electron chi connectivity index (χ0n) is 25.2. The Morgan fingerprint density at radius 2 is 1.20 bits per heavy atom. The van der Waals surface area contributed by atoms with Crippen molar-refractivity contribution in [2.75, 3.05) is 6.54 Å². The van der Waals surface area contributed by atoms with E-state index in [-0.39, 0.29) is 17.6 Å². The molecule has 3 atom stereocenters. The van der Waals surface area contributed by atoms with Crippen LogP contribution in [0.5, 0.6) is 0 Å². The standard InChI is InChI=1S/C39H39NO4/c1-27(38(43)44)35(36(41)32-19-17-30(18-20-32)28-11-4-2-5-12-28)39(25-10-26-40(39)37(42)33-15-8-9-16-33)34-23-21-31(22-24-34)29-13-6-3-7-14-29/h2-7,11-14,17-24,27,33,35H,8-10,15-16,25-26H2,1H3,(H,43,44)/t27?,35?,39-/m1/s1. The van der Waals surface area contributed by atoms with Crippen molar-refractivity contribution in [1.29, 1.82) is 0 Å². The van der Waals surface area contributed by atoms with Crippen molar-refractivity contribution in [2.45, 2.75) is 51.0 Å². The minimum Gasteiger partial charge on any atom is -0.481 e. The second-order valence-corrected chi connectivity index (χ2v) is 12.4. The van der Waals surface area contributed by atoms with Gasteiger partial charge in [-0.05, 0) is 53.5 Å². The van der Waals surface area contributed by atoms with Crippen LogP contribution in [0.1, 0.15) is 61.4 Å². The third-order valence-electron chi connectivity index (χ3n) is 9.85. The van der Waals surface area contributed by atoms with Crippen molar-refractivity contribution in [3.05, 3.63) is 120 Å². The minimum absolute atomic E-state index is 0.0574. The molecule has 2 unspecified atom stereocenters. The molecule has 0 spiro atoms. The van der Waals surface area contributed by atoms with E-state index in [1.807, 2.05) is 102 Å². The van der Waals surface area contributed by atoms with E-state index in [1.165, 1.54) is 0 Å². The summed E-state index contributed by atoms with van der Waals surface area (Å²) in [5.41, 5.74) is 4.35. The van der Waals surface area contributed by atoms with Gasteiger partial charge in [0.15, 0.2) is 5.78 Å². The largest absolute Gasteiger partial charge is 0.481 e. The molecule has 1 amide bonds. The SMILES string of the molecule is CC(C(=O)O)C(C(=O)c1ccc(-c2ccccc2)cc1)[C@]1(c2ccc(-c3ccccc3)cc2)CCCN1C(=O)C1CCCC1. The van der Waals surface area contributed by atoms with Gasteiger partial charge in [-0.25, -0.2) is 0 Å². The monoisotopic (exact) mass is 585 g/mol. The van der Waals surface area contributed by atoms with Gasteiger partial charge in [0.25, 0.3) is 0 Å². The Labute approximate surface area is 259 Å². The smallest absolute Gasteiger partial charge is 0.307 e. The van der Waals surface area contributed by atoms with Gasteiger partial charge in [-0.15, -0.1) is 0 Å². The molecule has 224 valence electrons. The van der Waals surface area contributed by atoms with Crippen molar-refractivity contribution in [3.63, 3.8) is 0 Å². The fourth-order valence-corrected chi connectivity index (χ4v) is 7.56. The number of rotatable bonds is 9. The number of ketones is 1. The molecule has 44 heavy (non-hydrogen) atoms. The summed E-state index contributed by atoms with van der Waals surface area (Å²) in [6.07, 6.45) is 4.96. The van der Waals surface area contributed by atoms with Crippen molar-refractivity contribution >= 4 is 17.7 Å². The highest BCUT2D eigenvalue weighted by Gasteiger charge is 2.56. The van der Waals surface area contributed by atoms with Crippen LogP contribution in [0.4, 0.5) is 0 Å². The predicted molar refractivity (Wildman–Crippen MR) is 173 cm³/mol. The van der Waals surface area contributed by atoms with Crippen LogP contribution in [0.15, 0.2) is 109 Å². The molecule has 1 saturated carbocycles. The maximum absolute atomic E-state index is 14.7. The first kappa shape index (κ1) is 29.6. The number of hydrogen-bond donors (Lipinski definition) is 1. The van der Waals surface area contributed by atoms with Crippen LogP contribution in [0.25, 0.3) is 22.3 Å². The topological polar surface area (TPSA) is 74.7 Å². The zero-order valence-corrected chi connectivity index (χ0v) is 25.2. The molecule has 4 aromatic rings. The van der Waals surface area contributed by atoms with E-state index >= 15 is 0 Å². The second-order valence-electron chi connectivity index (χ2n) is 12.4. The van der Waals surface area contributed by atoms with E-state index in [2.05, 4.69) is 0 Å². The summed E-state index contributed by atoms with van der Waals surface area (Å²) >= 11 is 0. The fraction of sp³-hybridized carbons (Fsp3) is 0.308. The Hall–Kier alpha value is -4.51. The van der Waals surface area contributed by atoms with Gasteiger partial charge in [0.1, 0.15) is 0 Å². The number of carbonyl (C=O) groups is 3. The maximum atomic E-state index is 14.7. The molecule has 1 heterocycles. The van der Waals surface area contributed by atoms with Crippen LogP contribution >= 0.6 is 0 Å². The number of hydrogen-bond acceptors (Lipinski definition) is 3. The van der Waals surface area contributed by atoms with Crippen molar-refractivity contribution in [3.8, 4) is 22.3 Å². The van der Waals surface area contributed by atoms with E-state index in [4.69, 9.17) is 0 Å². The average Bonchev–Trinajstić information content (AvgIpc) is 3.77. The molecule has 1 aliphatic heterocycles. The number of benzene rings is 4. The summed E-state index contributed by atoms with van der Waals surface area (Å²) in [7, 11) is 0. The molecule has 5 nitrogen and oxygen atoms in total. The summed E-state index contributed by atoms with van der Waals surface area (Å²) in [5, 5.41) is 10.4. The zero-order chi connectivity index (χ0) is 30.7. The van der Waals surface area contributed by atoms with Crippen molar-refractivity contribution in [2.24, 2.45) is 17.8 Å². The van der Waals surface area contributed by atoms with Gasteiger partial charge < -0.3 is 10.0 Å². The third kappa shape index (κ3) is 5.47. The molecule has 2 fully saturated rings. The van der Waals surface area contributed by atoms with Crippen LogP contribution in [-0.2, 0) is 15.1 Å². The summed E-state index contributed by atoms with van der Waals surface area (Å²) < 4.78 is 0. The lowest BCUT2D eigenvalue weighted by atomic mass is 9.67. The second kappa shape index (κ2) is 12.6. The highest BCUT2D eigenvalue weighted by atomic mass is 16.4. The number of carboxylic acid groups (broad SMARTS) is 1. The Kier molecular flexibility index (Phi) is 8.47. The van der Waals surface area contributed by atoms with Gasteiger partial charge in [-0.3, -0.25) is 14.4 Å². The van der Waals surface area contributed by atoms with Crippen LogP contribution < -0.4 is 0 Å². The molecule has 1 saturated heterocycles. The molecule has 2 aliphatic rings. The van der Waals surface area contributed by atoms with Crippen LogP contribution in [0.2, 0.25) is 0 Å². The number of aliphatic carboxylic acids is 1. The Morgan fingerprint density at radius 1 is 0.705 bits per heavy atom. The number of nitrogens with zero attached hydrogens (tertiary/aromatic N) is 1. The lowest BCUT2D eigenvalue weighted by Gasteiger charge is -2.46. The molecule has 5 heteroatoms. The lowest BCUT2D eigenvalue weighted by Crippen LogP contribution is -2.56. The highest BCUT2D eigenvalue weighted by molar-refractivity contribution is 6.01. The first-order valence-electron chi connectivity index (χ1n) is 15.8. The predicted octanol–water partition coefficient (Wildman–Crippen LogP) is 8.25. The van der Waals surface area contributed by atoms with E-state index < -0.39 is 23.3 Å². The Balaban J connectivity index is 1.47. The first-order valence-corrected chi connectivity index (χ1v) is 15.8. The average molecular weight is 586 g/mol. The lowest BCUT2D eigenvalue weighted by molar-refractivity contribution is -0.149. The summed E-state index contributed by atoms with van der Waals surface area (Å²) in [6, 6.07) is 35.5. The molecule has 0 radical (unpaired) electrons. The van der Waals surface area contributed by atoms with Gasteiger partial charge in [0.2, 0.25) is 5.91 Å². The van der Waals surface area contributed by atoms with Crippen LogP contribution in [-0.4, -0.2) is 34.2 Å². The quantitative estimate of drug-likeness (QED) is 0.201. The van der Waals surface area contributed by atoms with E-state index in [0.29, 0.717) is 24.9 Å². The molecule has 0 aromatic heterocycles. The first-order chi connectivity index (χ1) is 21.4. The summed E-state index contributed by atoms with van der Waals surface area (Å²) in [6.45, 7) is 2.14. The molecular formula is C39H39NO4. The fourth-order valence-electron chi connectivity index (χ4n) is 7.56. The molecular weight excluding hydrogens is 546 g/mol. The van der Waals surface area contributed by atoms with Crippen LogP contribution in [0, 0.1) is 17.8 Å². The van der Waals surface area contributed by atoms with Gasteiger partial charge in [0, 0.05) is 18.0 Å². The van der Waals surface area contributed by atoms with Crippen molar-refractivity contribution < 1.29 is 19.5 Å². The minimum atomic E-state index is -1.07. The third-order valence-corrected chi connectivity index (χ3v) is 9.85. The van der Waals surface area contributed by atoms with E-state index in [9.17, 15) is 19.5 Å². The Bertz CT molecular complexity index is 1610. The van der Waals surface area contributed by atoms with Gasteiger partial charge >= 0.3 is 5.97 Å². The normalized spacial score (nSPS) is 19.9. The number of carboxylic acids is 1. The van der Waals surface area contributed by atoms with Crippen molar-refractivity contribution in [1.82, 2.24) is 4.90 Å². The highest BCUT2D eigenvalue weighted by Crippen LogP contribution is 2.50. The molecule has 6 rings (SSSR count). The van der Waals surface area contributed by atoms with Gasteiger partial charge in [-0.2, -0.15) is 0 Å². The van der Waals surface area contributed by atoms with Gasteiger partial charge in [0.05, 0.1) is 17.4 Å². The molecule has 1 aliphatic carbocycles. The number of carbonyl (C=O) groups excluding carboxylic acids is 2. The number of amides is 1. The van der Waals surface area contributed by atoms with Crippen LogP contribution in [0.3, 0.4) is 0 Å². The molecule has 0 bridgehead atoms. The molecule has 1 N–H and O–H groups in total. The summed E-state index contributed by atoms with van der Waals surface area (Å²) in [5.74, 6) is -3.28. The maximum Gasteiger partial charge on any atom is 0.307 e. The number of likely N-dealkylation sites (tertiary alicyclic amines) is 1. The molecule has 4 aromatic carbocycles. The summed E-state index contributed by atoms with van der Waals surface area (Å²) in [4.78, 5) is 43.6. The van der Waals surface area contributed by atoms with E-state index in [1.54, 1.807) is 19.1 Å². The Morgan fingerprint density at radius 3 is 1.73 bits per heavy atom. The van der Waals surface area contributed by atoms with Gasteiger partial charge in [-0.1, -0.05) is 129 Å².